The monoisotopic (exact) mass is 312 g/mol. The Morgan fingerprint density at radius 1 is 0.905 bits per heavy atom. The maximum atomic E-state index is 8.46. The first-order valence-electron chi connectivity index (χ1n) is 7.42. The fraction of sp³-hybridized carbons (Fsp3) is 1.00. The van der Waals surface area contributed by atoms with Crippen LogP contribution in [0.5, 0.6) is 0 Å². The van der Waals surface area contributed by atoms with Gasteiger partial charge in [0.25, 0.3) is 0 Å². The van der Waals surface area contributed by atoms with E-state index in [2.05, 4.69) is 24.1 Å². The second kappa shape index (κ2) is 31.9. The lowest BCUT2D eigenvalue weighted by atomic mass is 10.5. The highest BCUT2D eigenvalue weighted by molar-refractivity contribution is 4.47. The minimum absolute atomic E-state index is 0.0972. The number of nitrogens with two attached hydrogens (primary N) is 1. The average molecular weight is 312 g/mol. The lowest BCUT2D eigenvalue weighted by Crippen LogP contribution is -2.25. The van der Waals surface area contributed by atoms with E-state index in [1.807, 2.05) is 26.0 Å². The molecule has 0 heterocycles. The van der Waals surface area contributed by atoms with Crippen LogP contribution in [0.15, 0.2) is 0 Å². The van der Waals surface area contributed by atoms with Gasteiger partial charge in [-0.05, 0) is 41.3 Å². The molecular formula is C14H40N4O3. The average Bonchev–Trinajstić information content (AvgIpc) is 2.46. The van der Waals surface area contributed by atoms with Gasteiger partial charge in [-0.2, -0.15) is 0 Å². The molecule has 0 spiro atoms. The molecule has 0 aliphatic carbocycles. The van der Waals surface area contributed by atoms with E-state index < -0.39 is 0 Å². The maximum Gasteiger partial charge on any atom is 0.0558 e. The molecule has 0 aromatic rings. The molecule has 0 bridgehead atoms. The van der Waals surface area contributed by atoms with Crippen molar-refractivity contribution >= 4 is 0 Å². The van der Waals surface area contributed by atoms with E-state index in [1.54, 1.807) is 7.05 Å². The van der Waals surface area contributed by atoms with E-state index in [0.29, 0.717) is 13.1 Å². The van der Waals surface area contributed by atoms with Crippen molar-refractivity contribution in [1.82, 2.24) is 15.1 Å². The van der Waals surface area contributed by atoms with Gasteiger partial charge in [0.2, 0.25) is 0 Å². The Balaban J connectivity index is -0.0000000970. The van der Waals surface area contributed by atoms with E-state index in [0.717, 1.165) is 19.6 Å². The Bertz CT molecular complexity index is 131. The van der Waals surface area contributed by atoms with Crippen LogP contribution < -0.4 is 11.1 Å². The van der Waals surface area contributed by atoms with Crippen molar-refractivity contribution in [1.29, 1.82) is 0 Å². The van der Waals surface area contributed by atoms with Crippen LogP contribution in [0, 0.1) is 0 Å². The topological polar surface area (TPSA) is 105 Å². The van der Waals surface area contributed by atoms with Crippen molar-refractivity contribution in [3.63, 3.8) is 0 Å². The molecule has 0 atom stereocenters. The van der Waals surface area contributed by atoms with Crippen LogP contribution in [-0.4, -0.2) is 106 Å². The number of aliphatic hydroxyl groups is 3. The van der Waals surface area contributed by atoms with E-state index in [-0.39, 0.29) is 19.8 Å². The zero-order valence-electron chi connectivity index (χ0n) is 15.0. The van der Waals surface area contributed by atoms with Gasteiger partial charge in [-0.25, -0.2) is 0 Å². The summed E-state index contributed by atoms with van der Waals surface area (Å²) < 4.78 is 0. The van der Waals surface area contributed by atoms with Crippen LogP contribution in [0.25, 0.3) is 0 Å². The standard InChI is InChI=1S/C6H15NO.C3H9NO.C3H9N.C2H7NO/c1-3-7(4-2)5-6-8;1-4-2-3-5;1-4(2)3;3-1-2-4/h8H,3-6H2,1-2H3;4-5H,2-3H2,1H3;1-3H3;4H,1-3H2. The number of aliphatic hydroxyl groups excluding tert-OH is 3. The number of hydrogen-bond donors (Lipinski definition) is 5. The second-order valence-corrected chi connectivity index (χ2v) is 4.43. The van der Waals surface area contributed by atoms with Gasteiger partial charge in [0.05, 0.1) is 19.8 Å². The first-order valence-corrected chi connectivity index (χ1v) is 7.42. The highest BCUT2D eigenvalue weighted by atomic mass is 16.3. The van der Waals surface area contributed by atoms with Crippen molar-refractivity contribution in [2.75, 3.05) is 80.7 Å². The fourth-order valence-electron chi connectivity index (χ4n) is 0.793. The summed E-state index contributed by atoms with van der Waals surface area (Å²) in [6, 6.07) is 0. The Morgan fingerprint density at radius 2 is 1.29 bits per heavy atom. The van der Waals surface area contributed by atoms with E-state index in [9.17, 15) is 0 Å². The minimum atomic E-state index is 0.0972. The number of nitrogens with zero attached hydrogens (tertiary/aromatic N) is 2. The number of nitrogens with one attached hydrogen (secondary N) is 1. The molecular weight excluding hydrogens is 272 g/mol. The molecule has 0 amide bonds. The highest BCUT2D eigenvalue weighted by Crippen LogP contribution is 1.82. The van der Waals surface area contributed by atoms with Crippen LogP contribution in [0.1, 0.15) is 13.8 Å². The molecule has 0 rings (SSSR count). The van der Waals surface area contributed by atoms with Crippen molar-refractivity contribution in [3.8, 4) is 0 Å². The first kappa shape index (κ1) is 28.8. The van der Waals surface area contributed by atoms with Gasteiger partial charge in [-0.15, -0.1) is 0 Å². The van der Waals surface area contributed by atoms with Crippen molar-refractivity contribution < 1.29 is 15.3 Å². The van der Waals surface area contributed by atoms with Gasteiger partial charge in [-0.1, -0.05) is 13.8 Å². The molecule has 0 fully saturated rings. The summed E-state index contributed by atoms with van der Waals surface area (Å²) in [6.45, 7) is 8.76. The van der Waals surface area contributed by atoms with Crippen molar-refractivity contribution in [2.24, 2.45) is 5.73 Å². The molecule has 0 unspecified atom stereocenters. The van der Waals surface area contributed by atoms with Crippen LogP contribution in [0.3, 0.4) is 0 Å². The van der Waals surface area contributed by atoms with Gasteiger partial charge >= 0.3 is 0 Å². The lowest BCUT2D eigenvalue weighted by molar-refractivity contribution is 0.208. The zero-order chi connectivity index (χ0) is 17.5. The smallest absolute Gasteiger partial charge is 0.0558 e. The normalized spacial score (nSPS) is 9.14. The van der Waals surface area contributed by atoms with Gasteiger partial charge in [0.15, 0.2) is 0 Å². The SMILES string of the molecule is CCN(CC)CCO.CN(C)C.CNCCO.NCCO. The van der Waals surface area contributed by atoms with Crippen LogP contribution in [0.2, 0.25) is 0 Å². The van der Waals surface area contributed by atoms with E-state index >= 15 is 0 Å². The van der Waals surface area contributed by atoms with E-state index in [1.165, 1.54) is 0 Å². The molecule has 0 saturated heterocycles. The van der Waals surface area contributed by atoms with Crippen molar-refractivity contribution in [2.45, 2.75) is 13.8 Å². The summed E-state index contributed by atoms with van der Waals surface area (Å²) >= 11 is 0. The van der Waals surface area contributed by atoms with Crippen LogP contribution in [0.4, 0.5) is 0 Å². The largest absolute Gasteiger partial charge is 0.395 e. The number of rotatable bonds is 7. The molecule has 134 valence electrons. The molecule has 7 heteroatoms. The third-order valence-electron chi connectivity index (χ3n) is 1.80. The Kier molecular flexibility index (Phi) is 43.8. The summed E-state index contributed by atoms with van der Waals surface area (Å²) in [4.78, 5) is 4.18. The summed E-state index contributed by atoms with van der Waals surface area (Å²) in [5.74, 6) is 0. The molecule has 0 aromatic heterocycles. The minimum Gasteiger partial charge on any atom is -0.395 e. The summed E-state index contributed by atoms with van der Waals surface area (Å²) in [5.41, 5.74) is 4.78. The maximum absolute atomic E-state index is 8.46. The zero-order valence-corrected chi connectivity index (χ0v) is 15.0. The van der Waals surface area contributed by atoms with Crippen molar-refractivity contribution in [3.05, 3.63) is 0 Å². The number of hydrogen-bond acceptors (Lipinski definition) is 7. The molecule has 7 nitrogen and oxygen atoms in total. The lowest BCUT2D eigenvalue weighted by Gasteiger charge is -2.15. The highest BCUT2D eigenvalue weighted by Gasteiger charge is 1.93. The molecule has 0 aliphatic rings. The number of likely N-dealkylation sites (N-methyl/N-ethyl adjacent to an activating group) is 2. The van der Waals surface area contributed by atoms with E-state index in [4.69, 9.17) is 21.1 Å². The molecule has 0 aliphatic heterocycles. The summed E-state index contributed by atoms with van der Waals surface area (Å²) in [6.07, 6.45) is 0. The second-order valence-electron chi connectivity index (χ2n) is 4.43. The Labute approximate surface area is 131 Å². The van der Waals surface area contributed by atoms with Crippen LogP contribution >= 0.6 is 0 Å². The Hall–Kier alpha value is -0.280. The molecule has 6 N–H and O–H groups in total. The molecule has 0 aromatic carbocycles. The predicted octanol–water partition coefficient (Wildman–Crippen LogP) is -1.37. The molecule has 0 saturated carbocycles. The summed E-state index contributed by atoms with van der Waals surface area (Å²) in [5, 5.41) is 27.0. The molecule has 0 radical (unpaired) electrons. The van der Waals surface area contributed by atoms with Gasteiger partial charge < -0.3 is 36.2 Å². The Morgan fingerprint density at radius 3 is 1.33 bits per heavy atom. The first-order chi connectivity index (χ1) is 9.91. The van der Waals surface area contributed by atoms with Gasteiger partial charge in [-0.3, -0.25) is 0 Å². The quantitative estimate of drug-likeness (QED) is 0.395. The summed E-state index contributed by atoms with van der Waals surface area (Å²) in [7, 11) is 7.80. The van der Waals surface area contributed by atoms with Crippen LogP contribution in [-0.2, 0) is 0 Å². The fourth-order valence-corrected chi connectivity index (χ4v) is 0.793. The third-order valence-corrected chi connectivity index (χ3v) is 1.80. The molecule has 21 heavy (non-hydrogen) atoms. The predicted molar refractivity (Wildman–Crippen MR) is 91.6 cm³/mol. The third kappa shape index (κ3) is 65.5. The van der Waals surface area contributed by atoms with Gasteiger partial charge in [0.1, 0.15) is 0 Å². The van der Waals surface area contributed by atoms with Gasteiger partial charge in [0, 0.05) is 19.6 Å².